The van der Waals surface area contributed by atoms with E-state index < -0.39 is 37.3 Å². The summed E-state index contributed by atoms with van der Waals surface area (Å²) in [6.07, 6.45) is 4.79. The van der Waals surface area contributed by atoms with Gasteiger partial charge in [0.2, 0.25) is 0 Å². The molecule has 4 aliphatic carbocycles. The molecule has 0 aromatic carbocycles. The van der Waals surface area contributed by atoms with E-state index in [1.54, 1.807) is 6.08 Å². The molecule has 4 aliphatic rings. The number of hydrogen-bond acceptors (Lipinski definition) is 6. The molecule has 0 heterocycles. The molecular formula is C21H31O8P. The molecule has 0 saturated heterocycles. The van der Waals surface area contributed by atoms with Crippen molar-refractivity contribution < 1.29 is 38.7 Å². The van der Waals surface area contributed by atoms with Gasteiger partial charge in [0.1, 0.15) is 12.2 Å². The molecule has 0 aliphatic heterocycles. The summed E-state index contributed by atoms with van der Waals surface area (Å²) in [7, 11) is -4.83. The number of Topliss-reactive ketones (excluding diaryl/α,β-unsaturated/α-hetero) is 1. The Morgan fingerprint density at radius 2 is 1.93 bits per heavy atom. The highest BCUT2D eigenvalue weighted by atomic mass is 31.2. The van der Waals surface area contributed by atoms with Crippen LogP contribution < -0.4 is 0 Å². The van der Waals surface area contributed by atoms with Gasteiger partial charge in [-0.1, -0.05) is 19.4 Å². The molecule has 3 saturated carbocycles. The minimum Gasteiger partial charge on any atom is -0.393 e. The van der Waals surface area contributed by atoms with Crippen molar-refractivity contribution in [3.05, 3.63) is 11.6 Å². The quantitative estimate of drug-likeness (QED) is 0.484. The maximum Gasteiger partial charge on any atom is 0.470 e. The molecule has 0 unspecified atom stereocenters. The fourth-order valence-electron chi connectivity index (χ4n) is 7.41. The first-order valence-corrected chi connectivity index (χ1v) is 12.2. The van der Waals surface area contributed by atoms with E-state index in [9.17, 15) is 24.4 Å². The van der Waals surface area contributed by atoms with E-state index in [2.05, 4.69) is 11.4 Å². The van der Waals surface area contributed by atoms with Crippen molar-refractivity contribution in [2.45, 2.75) is 70.5 Å². The van der Waals surface area contributed by atoms with Crippen LogP contribution in [-0.4, -0.2) is 49.9 Å². The van der Waals surface area contributed by atoms with Crippen molar-refractivity contribution in [3.8, 4) is 0 Å². The maximum absolute atomic E-state index is 12.8. The SMILES string of the molecule is C[C@@]12CCC(=O)C=C1CC[C@H]1[C@H]2[C@H](O)C[C@]2(C)[C@@H]1CC[C@@]2(O)C(=O)COP(=O)(O)O. The number of hydrogen-bond donors (Lipinski definition) is 4. The number of carbonyl (C=O) groups is 2. The fraction of sp³-hybridized carbons (Fsp3) is 0.810. The molecule has 0 spiro atoms. The second kappa shape index (κ2) is 7.06. The Balaban J connectivity index is 1.64. The summed E-state index contributed by atoms with van der Waals surface area (Å²) in [5.41, 5.74) is -1.84. The highest BCUT2D eigenvalue weighted by Gasteiger charge is 2.68. The van der Waals surface area contributed by atoms with Gasteiger partial charge in [-0.3, -0.25) is 14.1 Å². The van der Waals surface area contributed by atoms with Gasteiger partial charge < -0.3 is 20.0 Å². The van der Waals surface area contributed by atoms with E-state index in [0.29, 0.717) is 19.3 Å². The summed E-state index contributed by atoms with van der Waals surface area (Å²) >= 11 is 0. The molecule has 9 heteroatoms. The molecule has 0 bridgehead atoms. The zero-order valence-corrected chi connectivity index (χ0v) is 18.3. The predicted octanol–water partition coefficient (Wildman–Crippen LogP) is 1.90. The lowest BCUT2D eigenvalue weighted by atomic mass is 9.45. The predicted molar refractivity (Wildman–Crippen MR) is 106 cm³/mol. The van der Waals surface area contributed by atoms with Crippen molar-refractivity contribution in [1.82, 2.24) is 0 Å². The third-order valence-corrected chi connectivity index (χ3v) is 9.34. The van der Waals surface area contributed by atoms with Gasteiger partial charge in [0.15, 0.2) is 11.6 Å². The van der Waals surface area contributed by atoms with Crippen molar-refractivity contribution >= 4 is 19.4 Å². The second-order valence-electron chi connectivity index (χ2n) is 10.2. The molecule has 0 radical (unpaired) electrons. The molecule has 168 valence electrons. The number of rotatable bonds is 4. The topological polar surface area (TPSA) is 141 Å². The first kappa shape index (κ1) is 22.3. The Bertz CT molecular complexity index is 848. The zero-order valence-electron chi connectivity index (χ0n) is 17.4. The van der Waals surface area contributed by atoms with Gasteiger partial charge in [0.05, 0.1) is 6.10 Å². The maximum atomic E-state index is 12.8. The van der Waals surface area contributed by atoms with E-state index in [-0.39, 0.29) is 41.8 Å². The molecule has 4 N–H and O–H groups in total. The van der Waals surface area contributed by atoms with Crippen molar-refractivity contribution in [3.63, 3.8) is 0 Å². The van der Waals surface area contributed by atoms with Gasteiger partial charge in [0.25, 0.3) is 0 Å². The fourth-order valence-corrected chi connectivity index (χ4v) is 7.70. The van der Waals surface area contributed by atoms with Gasteiger partial charge in [-0.15, -0.1) is 0 Å². The third-order valence-electron chi connectivity index (χ3n) is 8.87. The van der Waals surface area contributed by atoms with Crippen molar-refractivity contribution in [1.29, 1.82) is 0 Å². The average molecular weight is 442 g/mol. The van der Waals surface area contributed by atoms with Crippen LogP contribution in [0.3, 0.4) is 0 Å². The molecule has 0 amide bonds. The first-order valence-electron chi connectivity index (χ1n) is 10.7. The summed E-state index contributed by atoms with van der Waals surface area (Å²) in [6.45, 7) is 3.09. The van der Waals surface area contributed by atoms with Crippen LogP contribution in [-0.2, 0) is 18.7 Å². The molecular weight excluding hydrogens is 411 g/mol. The smallest absolute Gasteiger partial charge is 0.393 e. The summed E-state index contributed by atoms with van der Waals surface area (Å²) in [6, 6.07) is 0. The second-order valence-corrected chi connectivity index (χ2v) is 11.4. The monoisotopic (exact) mass is 442 g/mol. The van der Waals surface area contributed by atoms with Gasteiger partial charge in [-0.05, 0) is 67.8 Å². The van der Waals surface area contributed by atoms with Gasteiger partial charge in [-0.25, -0.2) is 4.57 Å². The summed E-state index contributed by atoms with van der Waals surface area (Å²) in [5, 5.41) is 22.7. The van der Waals surface area contributed by atoms with E-state index >= 15 is 0 Å². The minimum atomic E-state index is -4.83. The average Bonchev–Trinajstić information content (AvgIpc) is 2.91. The molecule has 0 aromatic heterocycles. The van der Waals surface area contributed by atoms with Crippen LogP contribution >= 0.6 is 7.82 Å². The van der Waals surface area contributed by atoms with Crippen LogP contribution in [0.5, 0.6) is 0 Å². The number of aliphatic hydroxyl groups excluding tert-OH is 1. The van der Waals surface area contributed by atoms with Gasteiger partial charge >= 0.3 is 7.82 Å². The number of ketones is 2. The molecule has 3 fully saturated rings. The van der Waals surface area contributed by atoms with Crippen LogP contribution in [0.2, 0.25) is 0 Å². The lowest BCUT2D eigenvalue weighted by molar-refractivity contribution is -0.182. The lowest BCUT2D eigenvalue weighted by Crippen LogP contribution is -2.62. The number of phosphoric acid groups is 1. The highest BCUT2D eigenvalue weighted by molar-refractivity contribution is 7.46. The van der Waals surface area contributed by atoms with E-state index in [0.717, 1.165) is 18.4 Å². The lowest BCUT2D eigenvalue weighted by Gasteiger charge is -2.60. The number of aliphatic hydroxyl groups is 2. The Morgan fingerprint density at radius 1 is 1.23 bits per heavy atom. The van der Waals surface area contributed by atoms with E-state index in [1.807, 2.05) is 6.92 Å². The number of allylic oxidation sites excluding steroid dienone is 1. The van der Waals surface area contributed by atoms with Crippen molar-refractivity contribution in [2.24, 2.45) is 28.6 Å². The van der Waals surface area contributed by atoms with E-state index in [4.69, 9.17) is 9.79 Å². The highest BCUT2D eigenvalue weighted by Crippen LogP contribution is 2.67. The Kier molecular flexibility index (Phi) is 5.25. The zero-order chi connectivity index (χ0) is 22.1. The normalized spacial score (nSPS) is 45.9. The summed E-state index contributed by atoms with van der Waals surface area (Å²) in [5.74, 6) is -0.522. The summed E-state index contributed by atoms with van der Waals surface area (Å²) < 4.78 is 15.4. The van der Waals surface area contributed by atoms with Crippen LogP contribution in [0.25, 0.3) is 0 Å². The standard InChI is InChI=1S/C21H31O8P/c1-19-7-5-13(22)9-12(19)3-4-14-15-6-8-21(25,17(24)11-29-30(26,27)28)20(15,2)10-16(23)18(14)19/h9,14-16,18,23,25H,3-8,10-11H2,1-2H3,(H2,26,27,28)/t14-,15-,16-,18+,19-,20-,21-/m1/s1. The Labute approximate surface area is 175 Å². The number of carbonyl (C=O) groups excluding carboxylic acids is 2. The van der Waals surface area contributed by atoms with Gasteiger partial charge in [0, 0.05) is 11.8 Å². The molecule has 0 aromatic rings. The Morgan fingerprint density at radius 3 is 2.60 bits per heavy atom. The van der Waals surface area contributed by atoms with Crippen LogP contribution in [0, 0.1) is 28.6 Å². The Hall–Kier alpha value is -0.890. The molecule has 7 atom stereocenters. The van der Waals surface area contributed by atoms with Gasteiger partial charge in [-0.2, -0.15) is 0 Å². The van der Waals surface area contributed by atoms with Crippen LogP contribution in [0.4, 0.5) is 0 Å². The summed E-state index contributed by atoms with van der Waals surface area (Å²) in [4.78, 5) is 42.6. The third kappa shape index (κ3) is 3.19. The molecule has 4 rings (SSSR count). The first-order chi connectivity index (χ1) is 13.8. The largest absolute Gasteiger partial charge is 0.470 e. The van der Waals surface area contributed by atoms with Crippen LogP contribution in [0.15, 0.2) is 11.6 Å². The van der Waals surface area contributed by atoms with Crippen LogP contribution in [0.1, 0.15) is 58.8 Å². The van der Waals surface area contributed by atoms with Crippen molar-refractivity contribution in [2.75, 3.05) is 6.61 Å². The number of fused-ring (bicyclic) bond motifs is 5. The number of phosphoric ester groups is 1. The molecule has 30 heavy (non-hydrogen) atoms. The van der Waals surface area contributed by atoms with E-state index in [1.165, 1.54) is 0 Å². The minimum absolute atomic E-state index is 0.00547. The molecule has 8 nitrogen and oxygen atoms in total.